The van der Waals surface area contributed by atoms with Crippen LogP contribution in [0.1, 0.15) is 16.8 Å². The van der Waals surface area contributed by atoms with Crippen molar-refractivity contribution in [2.45, 2.75) is 19.9 Å². The van der Waals surface area contributed by atoms with Crippen molar-refractivity contribution in [2.24, 2.45) is 0 Å². The van der Waals surface area contributed by atoms with Crippen LogP contribution in [-0.4, -0.2) is 28.9 Å². The molecule has 0 N–H and O–H groups in total. The largest absolute Gasteiger partial charge is 0.484 e. The number of pyridine rings is 1. The molecule has 138 valence electrons. The maximum absolute atomic E-state index is 12.8. The summed E-state index contributed by atoms with van der Waals surface area (Å²) in [5.41, 5.74) is 3.23. The first kappa shape index (κ1) is 18.6. The fourth-order valence-corrected chi connectivity index (χ4v) is 2.76. The van der Waals surface area contributed by atoms with Gasteiger partial charge in [-0.15, -0.1) is 0 Å². The van der Waals surface area contributed by atoms with Gasteiger partial charge in [-0.05, 0) is 43.2 Å². The molecular weight excluding hydrogens is 336 g/mol. The van der Waals surface area contributed by atoms with Gasteiger partial charge in [0.1, 0.15) is 5.75 Å². The van der Waals surface area contributed by atoms with Crippen molar-refractivity contribution in [3.05, 3.63) is 95.8 Å². The van der Waals surface area contributed by atoms with Crippen molar-refractivity contribution >= 4 is 5.91 Å². The number of aromatic nitrogens is 1. The number of hydrogen-bond donors (Lipinski definition) is 0. The van der Waals surface area contributed by atoms with Crippen LogP contribution in [0.5, 0.6) is 5.75 Å². The molecule has 0 unspecified atom stereocenters. The number of amides is 1. The summed E-state index contributed by atoms with van der Waals surface area (Å²) < 4.78 is 5.68. The van der Waals surface area contributed by atoms with E-state index in [2.05, 4.69) is 17.1 Å². The molecule has 3 rings (SSSR count). The Hall–Kier alpha value is -3.14. The number of nitrogens with zero attached hydrogens (tertiary/aromatic N) is 2. The molecule has 0 aliphatic carbocycles. The summed E-state index contributed by atoms with van der Waals surface area (Å²) in [4.78, 5) is 18.9. The molecule has 0 saturated heterocycles. The first-order valence-corrected chi connectivity index (χ1v) is 9.12. The Morgan fingerprint density at radius 2 is 1.70 bits per heavy atom. The van der Waals surface area contributed by atoms with Crippen LogP contribution in [0.2, 0.25) is 0 Å². The quantitative estimate of drug-likeness (QED) is 0.609. The second-order valence-electron chi connectivity index (χ2n) is 6.47. The molecule has 4 heteroatoms. The van der Waals surface area contributed by atoms with E-state index >= 15 is 0 Å². The standard InChI is InChI=1S/C23H24N2O2/c1-19-10-12-22(13-11-19)27-18-23(26)25(17-21-9-5-6-15-24-21)16-14-20-7-3-2-4-8-20/h2-13,15H,14,16-18H2,1H3. The molecule has 0 bridgehead atoms. The van der Waals surface area contributed by atoms with Crippen LogP contribution in [0.15, 0.2) is 79.0 Å². The third-order valence-corrected chi connectivity index (χ3v) is 4.33. The first-order valence-electron chi connectivity index (χ1n) is 9.12. The summed E-state index contributed by atoms with van der Waals surface area (Å²) in [7, 11) is 0. The summed E-state index contributed by atoms with van der Waals surface area (Å²) in [6.45, 7) is 3.14. The van der Waals surface area contributed by atoms with Crippen LogP contribution in [0.3, 0.4) is 0 Å². The third-order valence-electron chi connectivity index (χ3n) is 4.33. The maximum Gasteiger partial charge on any atom is 0.260 e. The first-order chi connectivity index (χ1) is 13.2. The van der Waals surface area contributed by atoms with Gasteiger partial charge in [0.25, 0.3) is 5.91 Å². The van der Waals surface area contributed by atoms with E-state index in [1.165, 1.54) is 5.56 Å². The Morgan fingerprint density at radius 1 is 0.963 bits per heavy atom. The fraction of sp³-hybridized carbons (Fsp3) is 0.217. The summed E-state index contributed by atoms with van der Waals surface area (Å²) in [6.07, 6.45) is 2.54. The molecule has 27 heavy (non-hydrogen) atoms. The summed E-state index contributed by atoms with van der Waals surface area (Å²) in [5, 5.41) is 0. The number of benzene rings is 2. The molecule has 4 nitrogen and oxygen atoms in total. The zero-order chi connectivity index (χ0) is 18.9. The Kier molecular flexibility index (Phi) is 6.58. The highest BCUT2D eigenvalue weighted by Gasteiger charge is 2.15. The van der Waals surface area contributed by atoms with E-state index in [9.17, 15) is 4.79 Å². The molecule has 0 saturated carbocycles. The van der Waals surface area contributed by atoms with Crippen molar-refractivity contribution in [3.63, 3.8) is 0 Å². The fourth-order valence-electron chi connectivity index (χ4n) is 2.76. The Balaban J connectivity index is 1.63. The normalized spacial score (nSPS) is 10.4. The zero-order valence-corrected chi connectivity index (χ0v) is 15.5. The van der Waals surface area contributed by atoms with Crippen LogP contribution < -0.4 is 4.74 Å². The summed E-state index contributed by atoms with van der Waals surface area (Å²) in [6, 6.07) is 23.6. The Labute approximate surface area is 160 Å². The molecule has 0 spiro atoms. The number of aryl methyl sites for hydroxylation is 1. The SMILES string of the molecule is Cc1ccc(OCC(=O)N(CCc2ccccc2)Cc2ccccn2)cc1. The van der Waals surface area contributed by atoms with Gasteiger partial charge in [0, 0.05) is 12.7 Å². The Morgan fingerprint density at radius 3 is 2.41 bits per heavy atom. The Bertz CT molecular complexity index is 833. The number of hydrogen-bond acceptors (Lipinski definition) is 3. The number of rotatable bonds is 8. The van der Waals surface area contributed by atoms with Crippen molar-refractivity contribution < 1.29 is 9.53 Å². The highest BCUT2D eigenvalue weighted by atomic mass is 16.5. The lowest BCUT2D eigenvalue weighted by Gasteiger charge is -2.22. The van der Waals surface area contributed by atoms with Gasteiger partial charge in [-0.2, -0.15) is 0 Å². The van der Waals surface area contributed by atoms with Crippen LogP contribution in [0.4, 0.5) is 0 Å². The van der Waals surface area contributed by atoms with Crippen LogP contribution >= 0.6 is 0 Å². The average Bonchev–Trinajstić information content (AvgIpc) is 2.72. The van der Waals surface area contributed by atoms with E-state index < -0.39 is 0 Å². The molecule has 0 atom stereocenters. The van der Waals surface area contributed by atoms with E-state index in [-0.39, 0.29) is 12.5 Å². The minimum Gasteiger partial charge on any atom is -0.484 e. The van der Waals surface area contributed by atoms with Crippen LogP contribution in [-0.2, 0) is 17.8 Å². The minimum atomic E-state index is -0.0443. The summed E-state index contributed by atoms with van der Waals surface area (Å²) in [5.74, 6) is 0.659. The highest BCUT2D eigenvalue weighted by Crippen LogP contribution is 2.12. The van der Waals surface area contributed by atoms with E-state index in [1.807, 2.05) is 72.5 Å². The lowest BCUT2D eigenvalue weighted by molar-refractivity contribution is -0.134. The van der Waals surface area contributed by atoms with Crippen molar-refractivity contribution in [2.75, 3.05) is 13.2 Å². The monoisotopic (exact) mass is 360 g/mol. The molecule has 1 aromatic heterocycles. The predicted octanol–water partition coefficient (Wildman–Crippen LogP) is 4.04. The minimum absolute atomic E-state index is 0.0185. The molecule has 0 aliphatic rings. The van der Waals surface area contributed by atoms with Gasteiger partial charge in [-0.3, -0.25) is 9.78 Å². The molecular formula is C23H24N2O2. The predicted molar refractivity (Wildman–Crippen MR) is 106 cm³/mol. The second kappa shape index (κ2) is 9.53. The van der Waals surface area contributed by atoms with Crippen molar-refractivity contribution in [1.82, 2.24) is 9.88 Å². The van der Waals surface area contributed by atoms with Crippen LogP contribution in [0.25, 0.3) is 0 Å². The molecule has 1 heterocycles. The second-order valence-corrected chi connectivity index (χ2v) is 6.47. The summed E-state index contributed by atoms with van der Waals surface area (Å²) >= 11 is 0. The third kappa shape index (κ3) is 5.96. The number of carbonyl (C=O) groups is 1. The molecule has 2 aromatic carbocycles. The van der Waals surface area contributed by atoms with Gasteiger partial charge < -0.3 is 9.64 Å². The van der Waals surface area contributed by atoms with Gasteiger partial charge in [0.05, 0.1) is 12.2 Å². The van der Waals surface area contributed by atoms with Crippen molar-refractivity contribution in [3.8, 4) is 5.75 Å². The van der Waals surface area contributed by atoms with Gasteiger partial charge in [-0.1, -0.05) is 54.1 Å². The maximum atomic E-state index is 12.8. The van der Waals surface area contributed by atoms with Gasteiger partial charge >= 0.3 is 0 Å². The van der Waals surface area contributed by atoms with E-state index in [0.717, 1.165) is 17.7 Å². The molecule has 1 amide bonds. The highest BCUT2D eigenvalue weighted by molar-refractivity contribution is 5.77. The molecule has 0 aliphatic heterocycles. The van der Waals surface area contributed by atoms with E-state index in [4.69, 9.17) is 4.74 Å². The number of carbonyl (C=O) groups excluding carboxylic acids is 1. The van der Waals surface area contributed by atoms with E-state index in [1.54, 1.807) is 6.20 Å². The lowest BCUT2D eigenvalue weighted by Crippen LogP contribution is -2.36. The number of ether oxygens (including phenoxy) is 1. The van der Waals surface area contributed by atoms with Gasteiger partial charge in [0.15, 0.2) is 6.61 Å². The topological polar surface area (TPSA) is 42.4 Å². The molecule has 3 aromatic rings. The van der Waals surface area contributed by atoms with Crippen molar-refractivity contribution in [1.29, 1.82) is 0 Å². The van der Waals surface area contributed by atoms with Gasteiger partial charge in [0.2, 0.25) is 0 Å². The smallest absolute Gasteiger partial charge is 0.260 e. The van der Waals surface area contributed by atoms with E-state index in [0.29, 0.717) is 18.8 Å². The van der Waals surface area contributed by atoms with Crippen LogP contribution in [0, 0.1) is 6.92 Å². The zero-order valence-electron chi connectivity index (χ0n) is 15.5. The molecule has 0 fully saturated rings. The average molecular weight is 360 g/mol. The molecule has 0 radical (unpaired) electrons. The lowest BCUT2D eigenvalue weighted by atomic mass is 10.1. The van der Waals surface area contributed by atoms with Gasteiger partial charge in [-0.25, -0.2) is 0 Å².